The van der Waals surface area contributed by atoms with Gasteiger partial charge in [-0.3, -0.25) is 0 Å². The maximum absolute atomic E-state index is 12.9. The molecule has 3 aromatic carbocycles. The lowest BCUT2D eigenvalue weighted by atomic mass is 10.0. The van der Waals surface area contributed by atoms with Gasteiger partial charge in [0.05, 0.1) is 16.7 Å². The predicted molar refractivity (Wildman–Crippen MR) is 107 cm³/mol. The Morgan fingerprint density at radius 1 is 1.00 bits per heavy atom. The molecule has 3 rings (SSSR count). The number of nitriles is 1. The van der Waals surface area contributed by atoms with E-state index in [9.17, 15) is 9.65 Å². The molecule has 0 unspecified atom stereocenters. The van der Waals surface area contributed by atoms with Crippen LogP contribution in [0.4, 0.5) is 4.39 Å². The number of allylic oxidation sites excluding steroid dienone is 1. The molecule has 0 aromatic heterocycles. The molecule has 0 saturated carbocycles. The first-order valence-electron chi connectivity index (χ1n) is 8.10. The van der Waals surface area contributed by atoms with Crippen molar-refractivity contribution >= 4 is 34.9 Å². The minimum Gasteiger partial charge on any atom is -0.487 e. The number of rotatable bonds is 5. The summed E-state index contributed by atoms with van der Waals surface area (Å²) in [5.74, 6) is 0.227. The van der Waals surface area contributed by atoms with E-state index in [0.29, 0.717) is 21.4 Å². The average Bonchev–Trinajstić information content (AvgIpc) is 2.67. The van der Waals surface area contributed by atoms with E-state index in [0.717, 1.165) is 16.7 Å². The highest BCUT2D eigenvalue weighted by Gasteiger charge is 2.06. The number of nitrogens with zero attached hydrogens (tertiary/aromatic N) is 1. The molecular formula is C22H14Cl2FNO. The quantitative estimate of drug-likeness (QED) is 0.351. The minimum atomic E-state index is -0.290. The standard InChI is InChI=1S/C22H14Cl2FNO/c23-19-6-4-17(5-7-19)18(13-26)11-16-3-10-22(21(24)12-16)27-14-15-1-8-20(25)9-2-15/h1-12H,14H2/b18-11+. The predicted octanol–water partition coefficient (Wildman–Crippen LogP) is 6.78. The number of hydrogen-bond acceptors (Lipinski definition) is 2. The van der Waals surface area contributed by atoms with Gasteiger partial charge < -0.3 is 4.74 Å². The molecule has 0 radical (unpaired) electrons. The van der Waals surface area contributed by atoms with Crippen molar-refractivity contribution < 1.29 is 9.13 Å². The van der Waals surface area contributed by atoms with Crippen molar-refractivity contribution in [2.45, 2.75) is 6.61 Å². The maximum Gasteiger partial charge on any atom is 0.138 e. The molecule has 134 valence electrons. The van der Waals surface area contributed by atoms with E-state index in [1.54, 1.807) is 54.6 Å². The topological polar surface area (TPSA) is 33.0 Å². The third kappa shape index (κ3) is 5.10. The highest BCUT2D eigenvalue weighted by Crippen LogP contribution is 2.28. The molecule has 0 aliphatic rings. The van der Waals surface area contributed by atoms with Crippen LogP contribution >= 0.6 is 23.2 Å². The highest BCUT2D eigenvalue weighted by atomic mass is 35.5. The molecule has 3 aromatic rings. The molecule has 0 fully saturated rings. The molecule has 0 atom stereocenters. The number of benzene rings is 3. The van der Waals surface area contributed by atoms with Crippen LogP contribution in [-0.2, 0) is 6.61 Å². The second kappa shape index (κ2) is 8.73. The van der Waals surface area contributed by atoms with E-state index in [1.807, 2.05) is 6.07 Å². The third-order valence-corrected chi connectivity index (χ3v) is 4.40. The average molecular weight is 398 g/mol. The molecule has 0 bridgehead atoms. The molecule has 0 N–H and O–H groups in total. The van der Waals surface area contributed by atoms with E-state index < -0.39 is 0 Å². The Morgan fingerprint density at radius 2 is 1.70 bits per heavy atom. The monoisotopic (exact) mass is 397 g/mol. The van der Waals surface area contributed by atoms with Gasteiger partial charge >= 0.3 is 0 Å². The SMILES string of the molecule is N#C/C(=C\c1ccc(OCc2ccc(F)cc2)c(Cl)c1)c1ccc(Cl)cc1. The van der Waals surface area contributed by atoms with E-state index in [1.165, 1.54) is 12.1 Å². The lowest BCUT2D eigenvalue weighted by Crippen LogP contribution is -1.96. The van der Waals surface area contributed by atoms with Crippen molar-refractivity contribution in [2.24, 2.45) is 0 Å². The first-order chi connectivity index (χ1) is 13.0. The van der Waals surface area contributed by atoms with E-state index in [-0.39, 0.29) is 12.4 Å². The van der Waals surface area contributed by atoms with Gasteiger partial charge in [0, 0.05) is 5.02 Å². The van der Waals surface area contributed by atoms with Crippen molar-refractivity contribution in [3.05, 3.63) is 99.3 Å². The Labute approximate surface area is 167 Å². The lowest BCUT2D eigenvalue weighted by molar-refractivity contribution is 0.306. The number of hydrogen-bond donors (Lipinski definition) is 0. The lowest BCUT2D eigenvalue weighted by Gasteiger charge is -2.09. The van der Waals surface area contributed by atoms with Crippen LogP contribution in [0.5, 0.6) is 5.75 Å². The van der Waals surface area contributed by atoms with Gasteiger partial charge in [-0.25, -0.2) is 4.39 Å². The van der Waals surface area contributed by atoms with Gasteiger partial charge in [-0.05, 0) is 59.2 Å². The van der Waals surface area contributed by atoms with E-state index in [2.05, 4.69) is 6.07 Å². The summed E-state index contributed by atoms with van der Waals surface area (Å²) < 4.78 is 18.6. The van der Waals surface area contributed by atoms with E-state index in [4.69, 9.17) is 27.9 Å². The summed E-state index contributed by atoms with van der Waals surface area (Å²) in [6.45, 7) is 0.281. The smallest absolute Gasteiger partial charge is 0.138 e. The maximum atomic E-state index is 12.9. The fraction of sp³-hybridized carbons (Fsp3) is 0.0455. The van der Waals surface area contributed by atoms with Gasteiger partial charge in [-0.2, -0.15) is 5.26 Å². The zero-order valence-corrected chi connectivity index (χ0v) is 15.6. The van der Waals surface area contributed by atoms with Crippen LogP contribution in [0.3, 0.4) is 0 Å². The summed E-state index contributed by atoms with van der Waals surface area (Å²) in [7, 11) is 0. The van der Waals surface area contributed by atoms with Gasteiger partial charge in [0.2, 0.25) is 0 Å². The fourth-order valence-corrected chi connectivity index (χ4v) is 2.81. The summed E-state index contributed by atoms with van der Waals surface area (Å²) >= 11 is 12.2. The summed E-state index contributed by atoms with van der Waals surface area (Å²) in [5, 5.41) is 10.5. The van der Waals surface area contributed by atoms with Gasteiger partial charge in [-0.1, -0.05) is 53.5 Å². The Hall–Kier alpha value is -2.80. The Morgan fingerprint density at radius 3 is 2.33 bits per heavy atom. The van der Waals surface area contributed by atoms with Crippen molar-refractivity contribution in [2.75, 3.05) is 0 Å². The van der Waals surface area contributed by atoms with Gasteiger partial charge in [-0.15, -0.1) is 0 Å². The first kappa shape index (κ1) is 19.0. The molecule has 0 spiro atoms. The summed E-state index contributed by atoms with van der Waals surface area (Å²) in [4.78, 5) is 0. The molecule has 0 heterocycles. The second-order valence-electron chi connectivity index (χ2n) is 5.78. The molecule has 5 heteroatoms. The van der Waals surface area contributed by atoms with Crippen LogP contribution < -0.4 is 4.74 Å². The van der Waals surface area contributed by atoms with Crippen LogP contribution in [0.1, 0.15) is 16.7 Å². The molecule has 27 heavy (non-hydrogen) atoms. The second-order valence-corrected chi connectivity index (χ2v) is 6.63. The zero-order valence-electron chi connectivity index (χ0n) is 14.1. The fourth-order valence-electron chi connectivity index (χ4n) is 2.44. The largest absolute Gasteiger partial charge is 0.487 e. The third-order valence-electron chi connectivity index (χ3n) is 3.85. The van der Waals surface area contributed by atoms with Crippen LogP contribution in [0, 0.1) is 17.1 Å². The van der Waals surface area contributed by atoms with Crippen molar-refractivity contribution in [1.29, 1.82) is 5.26 Å². The first-order valence-corrected chi connectivity index (χ1v) is 8.85. The van der Waals surface area contributed by atoms with Crippen molar-refractivity contribution in [3.8, 4) is 11.8 Å². The van der Waals surface area contributed by atoms with Gasteiger partial charge in [0.15, 0.2) is 0 Å². The highest BCUT2D eigenvalue weighted by molar-refractivity contribution is 6.32. The van der Waals surface area contributed by atoms with Crippen molar-refractivity contribution in [3.63, 3.8) is 0 Å². The number of halogens is 3. The van der Waals surface area contributed by atoms with Gasteiger partial charge in [0.25, 0.3) is 0 Å². The molecular weight excluding hydrogens is 384 g/mol. The molecule has 0 saturated heterocycles. The number of ether oxygens (including phenoxy) is 1. The molecule has 0 aliphatic carbocycles. The van der Waals surface area contributed by atoms with Gasteiger partial charge in [0.1, 0.15) is 18.2 Å². The van der Waals surface area contributed by atoms with Crippen LogP contribution in [0.2, 0.25) is 10.0 Å². The van der Waals surface area contributed by atoms with Crippen molar-refractivity contribution in [1.82, 2.24) is 0 Å². The Bertz CT molecular complexity index is 1010. The Balaban J connectivity index is 1.76. The van der Waals surface area contributed by atoms with Crippen LogP contribution in [0.25, 0.3) is 11.6 Å². The van der Waals surface area contributed by atoms with Crippen LogP contribution in [-0.4, -0.2) is 0 Å². The zero-order chi connectivity index (χ0) is 19.2. The Kier molecular flexibility index (Phi) is 6.13. The van der Waals surface area contributed by atoms with Crippen LogP contribution in [0.15, 0.2) is 66.7 Å². The summed E-state index contributed by atoms with van der Waals surface area (Å²) in [5.41, 5.74) is 2.89. The molecule has 2 nitrogen and oxygen atoms in total. The normalized spacial score (nSPS) is 11.1. The minimum absolute atomic E-state index is 0.281. The molecule has 0 amide bonds. The summed E-state index contributed by atoms with van der Waals surface area (Å²) in [6.07, 6.45) is 1.75. The molecule has 0 aliphatic heterocycles. The summed E-state index contributed by atoms with van der Waals surface area (Å²) in [6, 6.07) is 20.6. The van der Waals surface area contributed by atoms with E-state index >= 15 is 0 Å².